The van der Waals surface area contributed by atoms with E-state index in [9.17, 15) is 4.79 Å². The monoisotopic (exact) mass is 356 g/mol. The number of rotatable bonds is 5. The summed E-state index contributed by atoms with van der Waals surface area (Å²) in [5.41, 5.74) is 2.77. The Balaban J connectivity index is 1.87. The second-order valence-corrected chi connectivity index (χ2v) is 6.66. The number of thiol groups is 1. The third-order valence-corrected chi connectivity index (χ3v) is 4.78. The molecule has 3 aromatic rings. The van der Waals surface area contributed by atoms with E-state index in [4.69, 9.17) is 0 Å². The highest BCUT2D eigenvalue weighted by molar-refractivity contribution is 7.81. The van der Waals surface area contributed by atoms with Crippen LogP contribution >= 0.6 is 12.6 Å². The first-order valence-corrected chi connectivity index (χ1v) is 9.13. The molecular formula is C24H20OS. The summed E-state index contributed by atoms with van der Waals surface area (Å²) in [5.74, 6) is 6.33. The van der Waals surface area contributed by atoms with Crippen LogP contribution in [0.15, 0.2) is 91.0 Å². The van der Waals surface area contributed by atoms with Crippen LogP contribution in [0.5, 0.6) is 0 Å². The number of hydrogen-bond acceptors (Lipinski definition) is 2. The SMILES string of the molecule is O=C(c1ccccc1)C(S)C(C#Cc1ccccc1)Cc1ccccc1. The van der Waals surface area contributed by atoms with Gasteiger partial charge in [-0.05, 0) is 24.1 Å². The Morgan fingerprint density at radius 1 is 0.808 bits per heavy atom. The topological polar surface area (TPSA) is 17.1 Å². The van der Waals surface area contributed by atoms with Crippen molar-refractivity contribution in [3.8, 4) is 11.8 Å². The lowest BCUT2D eigenvalue weighted by atomic mass is 9.91. The lowest BCUT2D eigenvalue weighted by Gasteiger charge is -2.18. The summed E-state index contributed by atoms with van der Waals surface area (Å²) in [7, 11) is 0. The Morgan fingerprint density at radius 2 is 1.35 bits per heavy atom. The minimum atomic E-state index is -0.478. The zero-order valence-corrected chi connectivity index (χ0v) is 15.3. The number of ketones is 1. The molecule has 1 nitrogen and oxygen atoms in total. The molecule has 2 unspecified atom stereocenters. The van der Waals surface area contributed by atoms with Gasteiger partial charge < -0.3 is 0 Å². The molecule has 2 atom stereocenters. The minimum absolute atomic E-state index is 0.0113. The third-order valence-electron chi connectivity index (χ3n) is 4.18. The van der Waals surface area contributed by atoms with Crippen molar-refractivity contribution in [2.75, 3.05) is 0 Å². The Kier molecular flexibility index (Phi) is 6.30. The molecule has 0 aliphatic carbocycles. The largest absolute Gasteiger partial charge is 0.293 e. The molecule has 3 aromatic carbocycles. The van der Waals surface area contributed by atoms with Crippen LogP contribution in [0.25, 0.3) is 0 Å². The molecule has 0 saturated carbocycles. The quantitative estimate of drug-likeness (QED) is 0.383. The second kappa shape index (κ2) is 9.08. The summed E-state index contributed by atoms with van der Waals surface area (Å²) in [6.07, 6.45) is 0.688. The van der Waals surface area contributed by atoms with Gasteiger partial charge in [0, 0.05) is 17.0 Å². The lowest BCUT2D eigenvalue weighted by molar-refractivity contribution is 0.0978. The molecule has 0 radical (unpaired) electrons. The van der Waals surface area contributed by atoms with Crippen LogP contribution in [0.1, 0.15) is 21.5 Å². The van der Waals surface area contributed by atoms with Crippen LogP contribution in [0.3, 0.4) is 0 Å². The van der Waals surface area contributed by atoms with Crippen molar-refractivity contribution in [1.82, 2.24) is 0 Å². The predicted molar refractivity (Wildman–Crippen MR) is 111 cm³/mol. The van der Waals surface area contributed by atoms with E-state index in [-0.39, 0.29) is 11.7 Å². The molecule has 128 valence electrons. The predicted octanol–water partition coefficient (Wildman–Crippen LogP) is 5.08. The zero-order valence-electron chi connectivity index (χ0n) is 14.4. The maximum atomic E-state index is 12.8. The standard InChI is InChI=1S/C24H20OS/c25-23(21-14-8-3-9-15-21)24(26)22(18-20-12-6-2-7-13-20)17-16-19-10-4-1-5-11-19/h1-15,22,24,26H,18H2. The average molecular weight is 356 g/mol. The zero-order chi connectivity index (χ0) is 18.2. The Labute approximate surface area is 160 Å². The summed E-state index contributed by atoms with van der Waals surface area (Å²) in [4.78, 5) is 12.8. The van der Waals surface area contributed by atoms with Crippen molar-refractivity contribution in [3.05, 3.63) is 108 Å². The third kappa shape index (κ3) is 4.88. The number of carbonyl (C=O) groups is 1. The summed E-state index contributed by atoms with van der Waals surface area (Å²) in [5, 5.41) is -0.478. The van der Waals surface area contributed by atoms with Crippen molar-refractivity contribution in [2.45, 2.75) is 11.7 Å². The summed E-state index contributed by atoms with van der Waals surface area (Å²) < 4.78 is 0. The molecule has 26 heavy (non-hydrogen) atoms. The summed E-state index contributed by atoms with van der Waals surface area (Å²) in [6.45, 7) is 0. The molecular weight excluding hydrogens is 336 g/mol. The average Bonchev–Trinajstić information content (AvgIpc) is 2.72. The van der Waals surface area contributed by atoms with E-state index in [0.29, 0.717) is 12.0 Å². The molecule has 0 aliphatic rings. The highest BCUT2D eigenvalue weighted by Gasteiger charge is 2.24. The summed E-state index contributed by atoms with van der Waals surface area (Å²) >= 11 is 4.66. The summed E-state index contributed by atoms with van der Waals surface area (Å²) in [6, 6.07) is 29.2. The Hall–Kier alpha value is -2.76. The van der Waals surface area contributed by atoms with Gasteiger partial charge in [-0.2, -0.15) is 12.6 Å². The number of carbonyl (C=O) groups excluding carboxylic acids is 1. The normalized spacial score (nSPS) is 12.5. The van der Waals surface area contributed by atoms with Gasteiger partial charge >= 0.3 is 0 Å². The molecule has 0 fully saturated rings. The molecule has 0 saturated heterocycles. The smallest absolute Gasteiger partial charge is 0.176 e. The van der Waals surface area contributed by atoms with E-state index in [0.717, 1.165) is 11.1 Å². The number of benzene rings is 3. The highest BCUT2D eigenvalue weighted by atomic mass is 32.1. The van der Waals surface area contributed by atoms with Gasteiger partial charge in [0.2, 0.25) is 0 Å². The molecule has 0 aliphatic heterocycles. The first kappa shape index (κ1) is 18.0. The minimum Gasteiger partial charge on any atom is -0.293 e. The van der Waals surface area contributed by atoms with E-state index in [1.165, 1.54) is 0 Å². The molecule has 0 bridgehead atoms. The molecule has 0 amide bonds. The van der Waals surface area contributed by atoms with Crippen molar-refractivity contribution in [1.29, 1.82) is 0 Å². The maximum Gasteiger partial charge on any atom is 0.176 e. The number of hydrogen-bond donors (Lipinski definition) is 1. The van der Waals surface area contributed by atoms with Crippen molar-refractivity contribution in [3.63, 3.8) is 0 Å². The Bertz CT molecular complexity index is 892. The van der Waals surface area contributed by atoms with E-state index < -0.39 is 5.25 Å². The molecule has 0 spiro atoms. The Morgan fingerprint density at radius 3 is 1.96 bits per heavy atom. The molecule has 0 heterocycles. The fourth-order valence-electron chi connectivity index (χ4n) is 2.76. The van der Waals surface area contributed by atoms with E-state index in [1.807, 2.05) is 78.9 Å². The van der Waals surface area contributed by atoms with Crippen LogP contribution < -0.4 is 0 Å². The van der Waals surface area contributed by atoms with E-state index in [1.54, 1.807) is 0 Å². The molecule has 2 heteroatoms. The van der Waals surface area contributed by atoms with E-state index >= 15 is 0 Å². The van der Waals surface area contributed by atoms with Crippen LogP contribution in [0.4, 0.5) is 0 Å². The fraction of sp³-hybridized carbons (Fsp3) is 0.125. The van der Waals surface area contributed by atoms with Gasteiger partial charge in [-0.15, -0.1) is 0 Å². The van der Waals surface area contributed by atoms with Gasteiger partial charge in [0.25, 0.3) is 0 Å². The van der Waals surface area contributed by atoms with Gasteiger partial charge in [-0.25, -0.2) is 0 Å². The first-order chi connectivity index (χ1) is 12.7. The van der Waals surface area contributed by atoms with Crippen molar-refractivity contribution < 1.29 is 4.79 Å². The molecule has 0 N–H and O–H groups in total. The maximum absolute atomic E-state index is 12.8. The first-order valence-electron chi connectivity index (χ1n) is 8.62. The van der Waals surface area contributed by atoms with Crippen LogP contribution in [0, 0.1) is 17.8 Å². The molecule has 3 rings (SSSR count). The van der Waals surface area contributed by atoms with Gasteiger partial charge in [-0.3, -0.25) is 4.79 Å². The van der Waals surface area contributed by atoms with E-state index in [2.05, 4.69) is 36.6 Å². The fourth-order valence-corrected chi connectivity index (χ4v) is 3.09. The number of Topliss-reactive ketones (excluding diaryl/α,β-unsaturated/α-hetero) is 1. The second-order valence-electron chi connectivity index (χ2n) is 6.11. The van der Waals surface area contributed by atoms with Gasteiger partial charge in [0.1, 0.15) is 0 Å². The van der Waals surface area contributed by atoms with Crippen LogP contribution in [-0.4, -0.2) is 11.0 Å². The van der Waals surface area contributed by atoms with Gasteiger partial charge in [-0.1, -0.05) is 90.7 Å². The van der Waals surface area contributed by atoms with Gasteiger partial charge in [0.05, 0.1) is 5.25 Å². The molecule has 0 aromatic heterocycles. The van der Waals surface area contributed by atoms with Crippen LogP contribution in [-0.2, 0) is 6.42 Å². The van der Waals surface area contributed by atoms with Gasteiger partial charge in [0.15, 0.2) is 5.78 Å². The van der Waals surface area contributed by atoms with Crippen molar-refractivity contribution >= 4 is 18.4 Å². The van der Waals surface area contributed by atoms with Crippen LogP contribution in [0.2, 0.25) is 0 Å². The van der Waals surface area contributed by atoms with Crippen molar-refractivity contribution in [2.24, 2.45) is 5.92 Å². The lowest BCUT2D eigenvalue weighted by Crippen LogP contribution is -2.25. The highest BCUT2D eigenvalue weighted by Crippen LogP contribution is 2.21.